The summed E-state index contributed by atoms with van der Waals surface area (Å²) in [7, 11) is -3.52. The van der Waals surface area contributed by atoms with Crippen LogP contribution in [0.1, 0.15) is 10.4 Å². The van der Waals surface area contributed by atoms with E-state index in [1.807, 2.05) is 0 Å². The van der Waals surface area contributed by atoms with Gasteiger partial charge in [0.05, 0.1) is 23.5 Å². The van der Waals surface area contributed by atoms with Gasteiger partial charge in [-0.15, -0.1) is 0 Å². The monoisotopic (exact) mass is 240 g/mol. The highest BCUT2D eigenvalue weighted by molar-refractivity contribution is 7.89. The van der Waals surface area contributed by atoms with E-state index in [1.54, 1.807) is 0 Å². The molecule has 0 radical (unpaired) electrons. The summed E-state index contributed by atoms with van der Waals surface area (Å²) in [5, 5.41) is 13.1. The van der Waals surface area contributed by atoms with E-state index < -0.39 is 16.0 Å². The number of benzene rings is 1. The Labute approximate surface area is 91.2 Å². The number of hydrogen-bond donors (Lipinski definition) is 1. The van der Waals surface area contributed by atoms with Gasteiger partial charge in [0.2, 0.25) is 0 Å². The molecule has 0 saturated carbocycles. The lowest BCUT2D eigenvalue weighted by atomic mass is 10.2. The van der Waals surface area contributed by atoms with Crippen LogP contribution in [-0.2, 0) is 10.0 Å². The highest BCUT2D eigenvalue weighted by Crippen LogP contribution is 2.17. The van der Waals surface area contributed by atoms with Gasteiger partial charge < -0.3 is 5.11 Å². The van der Waals surface area contributed by atoms with E-state index in [1.165, 1.54) is 24.4 Å². The predicted octanol–water partition coefficient (Wildman–Crippen LogP) is 0.542. The van der Waals surface area contributed by atoms with Crippen molar-refractivity contribution in [1.29, 1.82) is 0 Å². The molecule has 0 amide bonds. The Bertz CT molecular complexity index is 672. The molecule has 16 heavy (non-hydrogen) atoms. The molecule has 1 aromatic carbocycles. The molecular formula is C9H8N2O4S. The average molecular weight is 240 g/mol. The van der Waals surface area contributed by atoms with Gasteiger partial charge in [0.15, 0.2) is 0 Å². The zero-order valence-electron chi connectivity index (χ0n) is 8.28. The zero-order chi connectivity index (χ0) is 11.9. The molecule has 7 heteroatoms. The SMILES string of the molecule is CS(=O)(=O)n1ncc2ccc(C(=O)O)cc21. The Morgan fingerprint density at radius 1 is 1.44 bits per heavy atom. The Balaban J connectivity index is 2.80. The fourth-order valence-corrected chi connectivity index (χ4v) is 2.13. The number of fused-ring (bicyclic) bond motifs is 1. The van der Waals surface area contributed by atoms with Crippen molar-refractivity contribution in [2.45, 2.75) is 0 Å². The summed E-state index contributed by atoms with van der Waals surface area (Å²) < 4.78 is 23.5. The second-order valence-electron chi connectivity index (χ2n) is 3.33. The number of nitrogens with zero attached hydrogens (tertiary/aromatic N) is 2. The maximum atomic E-state index is 11.3. The van der Waals surface area contributed by atoms with Gasteiger partial charge in [0, 0.05) is 5.39 Å². The smallest absolute Gasteiger partial charge is 0.335 e. The maximum absolute atomic E-state index is 11.3. The summed E-state index contributed by atoms with van der Waals surface area (Å²) >= 11 is 0. The minimum Gasteiger partial charge on any atom is -0.478 e. The van der Waals surface area contributed by atoms with Crippen LogP contribution in [0.3, 0.4) is 0 Å². The lowest BCUT2D eigenvalue weighted by Crippen LogP contribution is -2.11. The second kappa shape index (κ2) is 3.31. The number of aromatic carboxylic acids is 1. The fraction of sp³-hybridized carbons (Fsp3) is 0.111. The topological polar surface area (TPSA) is 89.3 Å². The molecule has 0 atom stereocenters. The summed E-state index contributed by atoms with van der Waals surface area (Å²) in [5.74, 6) is -1.11. The van der Waals surface area contributed by atoms with Gasteiger partial charge in [-0.2, -0.15) is 9.19 Å². The van der Waals surface area contributed by atoms with Gasteiger partial charge >= 0.3 is 5.97 Å². The minimum absolute atomic E-state index is 0.0258. The van der Waals surface area contributed by atoms with Crippen molar-refractivity contribution >= 4 is 26.9 Å². The van der Waals surface area contributed by atoms with Crippen LogP contribution in [-0.4, -0.2) is 34.9 Å². The third-order valence-electron chi connectivity index (χ3n) is 2.10. The molecule has 0 saturated heterocycles. The summed E-state index contributed by atoms with van der Waals surface area (Å²) in [4.78, 5) is 10.7. The van der Waals surface area contributed by atoms with Crippen molar-refractivity contribution in [3.8, 4) is 0 Å². The van der Waals surface area contributed by atoms with Crippen molar-refractivity contribution in [2.75, 3.05) is 6.26 Å². The molecule has 0 aliphatic carbocycles. The summed E-state index contributed by atoms with van der Waals surface area (Å²) in [6, 6.07) is 4.21. The largest absolute Gasteiger partial charge is 0.478 e. The van der Waals surface area contributed by atoms with Crippen molar-refractivity contribution in [3.05, 3.63) is 30.0 Å². The van der Waals surface area contributed by atoms with Gasteiger partial charge in [-0.25, -0.2) is 13.2 Å². The number of hydrogen-bond acceptors (Lipinski definition) is 4. The van der Waals surface area contributed by atoms with Crippen molar-refractivity contribution in [1.82, 2.24) is 9.19 Å². The highest BCUT2D eigenvalue weighted by Gasteiger charge is 2.13. The first-order valence-electron chi connectivity index (χ1n) is 4.31. The first kappa shape index (κ1) is 10.6. The molecule has 2 aromatic rings. The second-order valence-corrected chi connectivity index (χ2v) is 5.14. The van der Waals surface area contributed by atoms with E-state index >= 15 is 0 Å². The van der Waals surface area contributed by atoms with Crippen LogP contribution in [0.4, 0.5) is 0 Å². The molecule has 0 unspecified atom stereocenters. The van der Waals surface area contributed by atoms with Crippen LogP contribution in [0.2, 0.25) is 0 Å². The van der Waals surface area contributed by atoms with Gasteiger partial charge in [-0.05, 0) is 12.1 Å². The number of carboxylic acids is 1. The van der Waals surface area contributed by atoms with E-state index in [2.05, 4.69) is 5.10 Å². The van der Waals surface area contributed by atoms with E-state index in [9.17, 15) is 13.2 Å². The van der Waals surface area contributed by atoms with Gasteiger partial charge in [0.1, 0.15) is 0 Å². The molecule has 0 spiro atoms. The Morgan fingerprint density at radius 2 is 2.12 bits per heavy atom. The molecule has 1 N–H and O–H groups in total. The molecule has 0 aliphatic rings. The molecule has 0 bridgehead atoms. The number of aromatic nitrogens is 2. The first-order chi connectivity index (χ1) is 7.39. The summed E-state index contributed by atoms with van der Waals surface area (Å²) in [6.07, 6.45) is 2.38. The lowest BCUT2D eigenvalue weighted by Gasteiger charge is -2.00. The molecule has 1 aromatic heterocycles. The number of carbonyl (C=O) groups is 1. The Kier molecular flexibility index (Phi) is 2.20. The van der Waals surface area contributed by atoms with Crippen LogP contribution in [0, 0.1) is 0 Å². The zero-order valence-corrected chi connectivity index (χ0v) is 9.10. The Morgan fingerprint density at radius 3 is 2.69 bits per heavy atom. The normalized spacial score (nSPS) is 11.8. The van der Waals surface area contributed by atoms with Crippen molar-refractivity contribution in [2.24, 2.45) is 0 Å². The highest BCUT2D eigenvalue weighted by atomic mass is 32.2. The molecule has 0 fully saturated rings. The van der Waals surface area contributed by atoms with E-state index in [0.717, 1.165) is 10.3 Å². The van der Waals surface area contributed by atoms with Gasteiger partial charge in [0.25, 0.3) is 10.0 Å². The number of rotatable bonds is 2. The molecule has 6 nitrogen and oxygen atoms in total. The summed E-state index contributed by atoms with van der Waals surface area (Å²) in [5.41, 5.74) is 0.292. The molecular weight excluding hydrogens is 232 g/mol. The van der Waals surface area contributed by atoms with Crippen LogP contribution in [0.15, 0.2) is 24.4 Å². The molecule has 0 aliphatic heterocycles. The molecule has 2 rings (SSSR count). The van der Waals surface area contributed by atoms with Crippen LogP contribution < -0.4 is 0 Å². The lowest BCUT2D eigenvalue weighted by molar-refractivity contribution is 0.0697. The van der Waals surface area contributed by atoms with Gasteiger partial charge in [-0.3, -0.25) is 0 Å². The molecule has 1 heterocycles. The van der Waals surface area contributed by atoms with E-state index in [-0.39, 0.29) is 11.1 Å². The average Bonchev–Trinajstić information content (AvgIpc) is 2.58. The standard InChI is InChI=1S/C9H8N2O4S/c1-16(14,15)11-8-4-6(9(12)13)2-3-7(8)5-10-11/h2-5H,1H3,(H,12,13). The van der Waals surface area contributed by atoms with E-state index in [4.69, 9.17) is 5.11 Å². The van der Waals surface area contributed by atoms with Crippen molar-refractivity contribution < 1.29 is 18.3 Å². The van der Waals surface area contributed by atoms with Gasteiger partial charge in [-0.1, -0.05) is 6.07 Å². The van der Waals surface area contributed by atoms with Crippen molar-refractivity contribution in [3.63, 3.8) is 0 Å². The minimum atomic E-state index is -3.52. The van der Waals surface area contributed by atoms with Crippen LogP contribution >= 0.6 is 0 Å². The maximum Gasteiger partial charge on any atom is 0.335 e. The third kappa shape index (κ3) is 1.65. The van der Waals surface area contributed by atoms with Crippen LogP contribution in [0.25, 0.3) is 10.9 Å². The third-order valence-corrected chi connectivity index (χ3v) is 3.02. The predicted molar refractivity (Wildman–Crippen MR) is 56.9 cm³/mol. The summed E-state index contributed by atoms with van der Waals surface area (Å²) in [6.45, 7) is 0. The first-order valence-corrected chi connectivity index (χ1v) is 6.16. The fourth-order valence-electron chi connectivity index (χ4n) is 1.39. The van der Waals surface area contributed by atoms with Crippen LogP contribution in [0.5, 0.6) is 0 Å². The Hall–Kier alpha value is -1.89. The quantitative estimate of drug-likeness (QED) is 0.827. The molecule has 84 valence electrons. The van der Waals surface area contributed by atoms with E-state index in [0.29, 0.717) is 5.39 Å². The number of carboxylic acid groups (broad SMARTS) is 1.